The highest BCUT2D eigenvalue weighted by Crippen LogP contribution is 2.37. The van der Waals surface area contributed by atoms with Gasteiger partial charge in [0, 0.05) is 12.6 Å². The number of nitrogens with zero attached hydrogens (tertiary/aromatic N) is 1. The molecule has 0 aliphatic rings. The summed E-state index contributed by atoms with van der Waals surface area (Å²) in [6.45, 7) is 4.10. The van der Waals surface area contributed by atoms with E-state index in [9.17, 15) is 5.11 Å². The third-order valence-electron chi connectivity index (χ3n) is 5.69. The number of aliphatic hydroxyl groups excluding tert-OH is 1. The molecule has 3 aromatic carbocycles. The van der Waals surface area contributed by atoms with Crippen LogP contribution in [0.3, 0.4) is 0 Å². The van der Waals surface area contributed by atoms with Crippen LogP contribution in [0.1, 0.15) is 36.5 Å². The number of hydrogen-bond donors (Lipinski definition) is 2. The van der Waals surface area contributed by atoms with Crippen LogP contribution in [0, 0.1) is 0 Å². The minimum absolute atomic E-state index is 0.0741. The molecule has 0 fully saturated rings. The van der Waals surface area contributed by atoms with E-state index in [4.69, 9.17) is 0 Å². The molecule has 1 unspecified atom stereocenters. The van der Waals surface area contributed by atoms with E-state index in [1.54, 1.807) is 0 Å². The van der Waals surface area contributed by atoms with Crippen molar-refractivity contribution in [2.45, 2.75) is 31.3 Å². The molecule has 0 radical (unpaired) electrons. The average Bonchev–Trinajstić information content (AvgIpc) is 2.82. The lowest BCUT2D eigenvalue weighted by Gasteiger charge is -2.40. The number of aliphatic hydroxyl groups is 1. The number of rotatable bonds is 11. The Morgan fingerprint density at radius 2 is 1.23 bits per heavy atom. The first-order valence-corrected chi connectivity index (χ1v) is 10.9. The summed E-state index contributed by atoms with van der Waals surface area (Å²) in [6.07, 6.45) is 2.33. The molecule has 0 spiro atoms. The van der Waals surface area contributed by atoms with Crippen LogP contribution in [0.25, 0.3) is 0 Å². The molecule has 158 valence electrons. The topological polar surface area (TPSA) is 35.5 Å². The van der Waals surface area contributed by atoms with Crippen molar-refractivity contribution in [2.24, 2.45) is 0 Å². The summed E-state index contributed by atoms with van der Waals surface area (Å²) >= 11 is 0. The van der Waals surface area contributed by atoms with Gasteiger partial charge in [-0.25, -0.2) is 0 Å². The van der Waals surface area contributed by atoms with E-state index < -0.39 is 5.54 Å². The van der Waals surface area contributed by atoms with Crippen molar-refractivity contribution in [3.8, 4) is 0 Å². The number of nitrogens with one attached hydrogen (secondary N) is 1. The molecule has 3 heteroatoms. The lowest BCUT2D eigenvalue weighted by molar-refractivity contribution is 0.180. The van der Waals surface area contributed by atoms with Crippen molar-refractivity contribution in [2.75, 3.05) is 26.7 Å². The maximum Gasteiger partial charge on any atom is 0.0951 e. The third kappa shape index (κ3) is 5.17. The zero-order valence-electron chi connectivity index (χ0n) is 18.2. The first-order valence-electron chi connectivity index (χ1n) is 10.9. The minimum Gasteiger partial charge on any atom is -0.395 e. The maximum absolute atomic E-state index is 10.3. The van der Waals surface area contributed by atoms with Crippen LogP contribution >= 0.6 is 0 Å². The fourth-order valence-electron chi connectivity index (χ4n) is 4.17. The van der Waals surface area contributed by atoms with Crippen LogP contribution in [0.15, 0.2) is 91.0 Å². The van der Waals surface area contributed by atoms with Crippen molar-refractivity contribution in [3.63, 3.8) is 0 Å². The fraction of sp³-hybridized carbons (Fsp3) is 0.333. The van der Waals surface area contributed by atoms with Gasteiger partial charge in [-0.3, -0.25) is 5.32 Å². The van der Waals surface area contributed by atoms with Gasteiger partial charge < -0.3 is 10.0 Å². The highest BCUT2D eigenvalue weighted by Gasteiger charge is 2.38. The predicted molar refractivity (Wildman–Crippen MR) is 126 cm³/mol. The molecule has 3 rings (SSSR count). The van der Waals surface area contributed by atoms with Gasteiger partial charge in [-0.15, -0.1) is 0 Å². The normalized spacial score (nSPS) is 12.8. The van der Waals surface area contributed by atoms with Crippen LogP contribution in [0.4, 0.5) is 0 Å². The molecule has 1 atom stereocenters. The largest absolute Gasteiger partial charge is 0.395 e. The number of unbranched alkanes of at least 4 members (excludes halogenated alkanes) is 1. The molecule has 0 amide bonds. The second-order valence-corrected chi connectivity index (χ2v) is 7.99. The first-order chi connectivity index (χ1) is 14.7. The molecule has 0 aliphatic heterocycles. The molecular formula is C27H34N2O. The van der Waals surface area contributed by atoms with Crippen molar-refractivity contribution in [3.05, 3.63) is 108 Å². The van der Waals surface area contributed by atoms with Crippen LogP contribution in [-0.2, 0) is 5.54 Å². The summed E-state index contributed by atoms with van der Waals surface area (Å²) < 4.78 is 0. The van der Waals surface area contributed by atoms with E-state index in [0.717, 1.165) is 36.2 Å². The standard InChI is InChI=1S/C27H34N2O/c1-3-4-20-29(2)21-26(22-30)28-27(23-14-8-5-9-15-23,24-16-10-6-11-17-24)25-18-12-7-13-19-25/h5-19,26,28,30H,3-4,20-22H2,1-2H3. The zero-order chi connectivity index (χ0) is 21.2. The lowest BCUT2D eigenvalue weighted by Crippen LogP contribution is -2.54. The molecule has 2 N–H and O–H groups in total. The summed E-state index contributed by atoms with van der Waals surface area (Å²) in [4.78, 5) is 2.31. The van der Waals surface area contributed by atoms with E-state index in [2.05, 4.69) is 97.0 Å². The zero-order valence-corrected chi connectivity index (χ0v) is 18.2. The average molecular weight is 403 g/mol. The van der Waals surface area contributed by atoms with Crippen molar-refractivity contribution < 1.29 is 5.11 Å². The van der Waals surface area contributed by atoms with Gasteiger partial charge in [-0.05, 0) is 36.7 Å². The lowest BCUT2D eigenvalue weighted by atomic mass is 9.76. The van der Waals surface area contributed by atoms with Gasteiger partial charge in [0.1, 0.15) is 0 Å². The molecule has 3 aromatic rings. The molecular weight excluding hydrogens is 368 g/mol. The Morgan fingerprint density at radius 1 is 0.800 bits per heavy atom. The number of benzene rings is 3. The van der Waals surface area contributed by atoms with Crippen molar-refractivity contribution >= 4 is 0 Å². The van der Waals surface area contributed by atoms with E-state index >= 15 is 0 Å². The quantitative estimate of drug-likeness (QED) is 0.458. The van der Waals surface area contributed by atoms with Gasteiger partial charge in [0.15, 0.2) is 0 Å². The summed E-state index contributed by atoms with van der Waals surface area (Å²) in [5.74, 6) is 0. The molecule has 0 saturated heterocycles. The number of likely N-dealkylation sites (N-methyl/N-ethyl adjacent to an activating group) is 1. The van der Waals surface area contributed by atoms with Crippen molar-refractivity contribution in [1.29, 1.82) is 0 Å². The molecule has 0 heterocycles. The molecule has 30 heavy (non-hydrogen) atoms. The molecule has 0 saturated carbocycles. The number of hydrogen-bond acceptors (Lipinski definition) is 3. The maximum atomic E-state index is 10.3. The smallest absolute Gasteiger partial charge is 0.0951 e. The van der Waals surface area contributed by atoms with Crippen LogP contribution in [0.2, 0.25) is 0 Å². The van der Waals surface area contributed by atoms with E-state index in [0.29, 0.717) is 0 Å². The Hall–Kier alpha value is -2.46. The van der Waals surface area contributed by atoms with Crippen LogP contribution in [-0.4, -0.2) is 42.8 Å². The summed E-state index contributed by atoms with van der Waals surface area (Å²) in [5.41, 5.74) is 2.94. The Morgan fingerprint density at radius 3 is 1.60 bits per heavy atom. The van der Waals surface area contributed by atoms with E-state index in [1.807, 2.05) is 18.2 Å². The Kier molecular flexibility index (Phi) is 8.21. The van der Waals surface area contributed by atoms with E-state index in [1.165, 1.54) is 6.42 Å². The van der Waals surface area contributed by atoms with Gasteiger partial charge in [-0.2, -0.15) is 0 Å². The van der Waals surface area contributed by atoms with Gasteiger partial charge in [0.25, 0.3) is 0 Å². The van der Waals surface area contributed by atoms with Crippen molar-refractivity contribution in [1.82, 2.24) is 10.2 Å². The fourth-order valence-corrected chi connectivity index (χ4v) is 4.17. The second kappa shape index (κ2) is 11.1. The Balaban J connectivity index is 2.09. The summed E-state index contributed by atoms with van der Waals surface area (Å²) in [6, 6.07) is 31.6. The van der Waals surface area contributed by atoms with Crippen LogP contribution in [0.5, 0.6) is 0 Å². The van der Waals surface area contributed by atoms with Gasteiger partial charge in [-0.1, -0.05) is 104 Å². The monoisotopic (exact) mass is 402 g/mol. The van der Waals surface area contributed by atoms with Gasteiger partial charge >= 0.3 is 0 Å². The molecule has 0 aliphatic carbocycles. The molecule has 3 nitrogen and oxygen atoms in total. The second-order valence-electron chi connectivity index (χ2n) is 7.99. The highest BCUT2D eigenvalue weighted by atomic mass is 16.3. The minimum atomic E-state index is -0.553. The molecule has 0 aromatic heterocycles. The van der Waals surface area contributed by atoms with E-state index in [-0.39, 0.29) is 12.6 Å². The first kappa shape index (κ1) is 22.2. The van der Waals surface area contributed by atoms with Crippen LogP contribution < -0.4 is 5.32 Å². The molecule has 0 bridgehead atoms. The highest BCUT2D eigenvalue weighted by molar-refractivity contribution is 5.49. The van der Waals surface area contributed by atoms with Gasteiger partial charge in [0.2, 0.25) is 0 Å². The Labute approximate surface area is 181 Å². The SMILES string of the molecule is CCCCN(C)CC(CO)NC(c1ccccc1)(c1ccccc1)c1ccccc1. The summed E-state index contributed by atoms with van der Waals surface area (Å²) in [7, 11) is 2.13. The Bertz CT molecular complexity index is 755. The predicted octanol–water partition coefficient (Wildman–Crippen LogP) is 4.66. The van der Waals surface area contributed by atoms with Gasteiger partial charge in [0.05, 0.1) is 12.1 Å². The third-order valence-corrected chi connectivity index (χ3v) is 5.69. The summed E-state index contributed by atoms with van der Waals surface area (Å²) in [5, 5.41) is 14.2.